The van der Waals surface area contributed by atoms with Crippen LogP contribution in [0.15, 0.2) is 23.2 Å². The number of aliphatic carboxylic acids is 1. The van der Waals surface area contributed by atoms with Crippen LogP contribution in [0.4, 0.5) is 5.82 Å². The summed E-state index contributed by atoms with van der Waals surface area (Å²) in [6.07, 6.45) is 1.60. The van der Waals surface area contributed by atoms with Crippen LogP contribution in [-0.4, -0.2) is 48.9 Å². The molecule has 0 aromatic carbocycles. The summed E-state index contributed by atoms with van der Waals surface area (Å²) in [6.45, 7) is 1.73. The topological polar surface area (TPSA) is 99.6 Å². The van der Waals surface area contributed by atoms with Crippen LogP contribution in [0.2, 0.25) is 0 Å². The highest BCUT2D eigenvalue weighted by Gasteiger charge is 2.18. The highest BCUT2D eigenvalue weighted by Crippen LogP contribution is 2.14. The van der Waals surface area contributed by atoms with Gasteiger partial charge in [0.15, 0.2) is 0 Å². The zero-order valence-electron chi connectivity index (χ0n) is 11.0. The minimum atomic E-state index is -3.52. The summed E-state index contributed by atoms with van der Waals surface area (Å²) in [4.78, 5) is 14.8. The third-order valence-electron chi connectivity index (χ3n) is 2.54. The number of rotatable bonds is 6. The molecule has 0 spiro atoms. The molecule has 0 fully saturated rings. The largest absolute Gasteiger partial charge is 0.480 e. The summed E-state index contributed by atoms with van der Waals surface area (Å²) in [5, 5.41) is 11.6. The normalized spacial score (nSPS) is 13.3. The van der Waals surface area contributed by atoms with Crippen molar-refractivity contribution >= 4 is 21.8 Å². The first-order valence-electron chi connectivity index (χ1n) is 5.67. The molecule has 0 radical (unpaired) electrons. The minimum absolute atomic E-state index is 0.0615. The molecule has 1 heterocycles. The molecule has 0 saturated carbocycles. The number of aromatic nitrogens is 1. The first-order valence-corrected chi connectivity index (χ1v) is 7.11. The number of hydrogen-bond donors (Lipinski definition) is 2. The molecule has 19 heavy (non-hydrogen) atoms. The predicted octanol–water partition coefficient (Wildman–Crippen LogP) is 0.607. The van der Waals surface area contributed by atoms with Crippen LogP contribution >= 0.6 is 0 Å². The van der Waals surface area contributed by atoms with Gasteiger partial charge in [-0.1, -0.05) is 6.92 Å². The Morgan fingerprint density at radius 2 is 2.11 bits per heavy atom. The zero-order valence-corrected chi connectivity index (χ0v) is 11.8. The van der Waals surface area contributed by atoms with E-state index in [4.69, 9.17) is 5.11 Å². The van der Waals surface area contributed by atoms with Crippen molar-refractivity contribution < 1.29 is 18.3 Å². The monoisotopic (exact) mass is 287 g/mol. The summed E-state index contributed by atoms with van der Waals surface area (Å²) in [7, 11) is -0.658. The molecule has 2 N–H and O–H groups in total. The first kappa shape index (κ1) is 15.4. The lowest BCUT2D eigenvalue weighted by molar-refractivity contribution is -0.137. The van der Waals surface area contributed by atoms with E-state index >= 15 is 0 Å². The number of nitrogens with one attached hydrogen (secondary N) is 1. The quantitative estimate of drug-likeness (QED) is 0.795. The molecule has 0 saturated heterocycles. The Bertz CT molecular complexity index is 540. The lowest BCUT2D eigenvalue weighted by atomic mass is 10.2. The molecule has 7 nitrogen and oxygen atoms in total. The molecule has 0 aliphatic rings. The number of anilines is 1. The van der Waals surface area contributed by atoms with E-state index < -0.39 is 22.0 Å². The van der Waals surface area contributed by atoms with Crippen molar-refractivity contribution in [1.29, 1.82) is 0 Å². The SMILES string of the molecule is CCC(Nc1ccc(S(=O)(=O)N(C)C)cn1)C(=O)O. The third-order valence-corrected chi connectivity index (χ3v) is 4.34. The van der Waals surface area contributed by atoms with Crippen LogP contribution in [0.1, 0.15) is 13.3 Å². The summed E-state index contributed by atoms with van der Waals surface area (Å²) >= 11 is 0. The van der Waals surface area contributed by atoms with E-state index in [2.05, 4.69) is 10.3 Å². The molecular formula is C11H17N3O4S. The fourth-order valence-electron chi connectivity index (χ4n) is 1.35. The molecular weight excluding hydrogens is 270 g/mol. The Morgan fingerprint density at radius 3 is 2.47 bits per heavy atom. The number of hydrogen-bond acceptors (Lipinski definition) is 5. The number of carboxylic acids is 1. The van der Waals surface area contributed by atoms with Crippen molar-refractivity contribution in [2.24, 2.45) is 0 Å². The van der Waals surface area contributed by atoms with Crippen molar-refractivity contribution in [3.63, 3.8) is 0 Å². The Kier molecular flexibility index (Phi) is 4.84. The van der Waals surface area contributed by atoms with Crippen molar-refractivity contribution in [2.75, 3.05) is 19.4 Å². The fourth-order valence-corrected chi connectivity index (χ4v) is 2.19. The van der Waals surface area contributed by atoms with Crippen LogP contribution in [0, 0.1) is 0 Å². The van der Waals surface area contributed by atoms with Crippen LogP contribution in [0.3, 0.4) is 0 Å². The van der Waals surface area contributed by atoms with Gasteiger partial charge in [0.25, 0.3) is 0 Å². The lowest BCUT2D eigenvalue weighted by Crippen LogP contribution is -2.28. The van der Waals surface area contributed by atoms with Crippen molar-refractivity contribution in [3.8, 4) is 0 Å². The molecule has 1 unspecified atom stereocenters. The van der Waals surface area contributed by atoms with E-state index in [1.165, 1.54) is 32.4 Å². The second-order valence-corrected chi connectivity index (χ2v) is 6.26. The van der Waals surface area contributed by atoms with Gasteiger partial charge in [-0.15, -0.1) is 0 Å². The Morgan fingerprint density at radius 1 is 1.47 bits per heavy atom. The van der Waals surface area contributed by atoms with Gasteiger partial charge in [-0.25, -0.2) is 22.5 Å². The smallest absolute Gasteiger partial charge is 0.326 e. The highest BCUT2D eigenvalue weighted by atomic mass is 32.2. The standard InChI is InChI=1S/C11H17N3O4S/c1-4-9(11(15)16)13-10-6-5-8(7-12-10)19(17,18)14(2)3/h5-7,9H,4H2,1-3H3,(H,12,13)(H,15,16). The molecule has 1 aromatic rings. The van der Waals surface area contributed by atoms with Crippen molar-refractivity contribution in [2.45, 2.75) is 24.3 Å². The van der Waals surface area contributed by atoms with Crippen LogP contribution in [0.5, 0.6) is 0 Å². The summed E-state index contributed by atoms with van der Waals surface area (Å²) in [6, 6.07) is 2.09. The second-order valence-electron chi connectivity index (χ2n) is 4.11. The maximum Gasteiger partial charge on any atom is 0.326 e. The molecule has 1 rings (SSSR count). The lowest BCUT2D eigenvalue weighted by Gasteiger charge is -2.14. The van der Waals surface area contributed by atoms with E-state index in [1.807, 2.05) is 0 Å². The van der Waals surface area contributed by atoms with Crippen LogP contribution in [-0.2, 0) is 14.8 Å². The molecule has 0 aliphatic carbocycles. The summed E-state index contributed by atoms with van der Waals surface area (Å²) < 4.78 is 24.7. The van der Waals surface area contributed by atoms with E-state index in [0.29, 0.717) is 12.2 Å². The average Bonchev–Trinajstić information content (AvgIpc) is 2.35. The molecule has 1 atom stereocenters. The third kappa shape index (κ3) is 3.65. The molecule has 106 valence electrons. The number of pyridine rings is 1. The van der Waals surface area contributed by atoms with Gasteiger partial charge < -0.3 is 10.4 Å². The van der Waals surface area contributed by atoms with Crippen LogP contribution in [0.25, 0.3) is 0 Å². The zero-order chi connectivity index (χ0) is 14.6. The molecule has 0 amide bonds. The number of sulfonamides is 1. The Labute approximate surface area is 112 Å². The molecule has 1 aromatic heterocycles. The van der Waals surface area contributed by atoms with Gasteiger partial charge in [0, 0.05) is 20.3 Å². The summed E-state index contributed by atoms with van der Waals surface area (Å²) in [5.41, 5.74) is 0. The predicted molar refractivity (Wildman–Crippen MR) is 70.4 cm³/mol. The Hall–Kier alpha value is -1.67. The molecule has 8 heteroatoms. The second kappa shape index (κ2) is 5.98. The van der Waals surface area contributed by atoms with Gasteiger partial charge in [0.05, 0.1) is 0 Å². The van der Waals surface area contributed by atoms with Gasteiger partial charge in [-0.05, 0) is 18.6 Å². The maximum absolute atomic E-state index is 11.8. The summed E-state index contributed by atoms with van der Waals surface area (Å²) in [5.74, 6) is -0.652. The average molecular weight is 287 g/mol. The van der Waals surface area contributed by atoms with Crippen molar-refractivity contribution in [3.05, 3.63) is 18.3 Å². The first-order chi connectivity index (χ1) is 8.78. The van der Waals surface area contributed by atoms with Gasteiger partial charge in [-0.2, -0.15) is 0 Å². The van der Waals surface area contributed by atoms with E-state index in [9.17, 15) is 13.2 Å². The van der Waals surface area contributed by atoms with Gasteiger partial charge in [0.1, 0.15) is 16.8 Å². The van der Waals surface area contributed by atoms with Crippen molar-refractivity contribution in [1.82, 2.24) is 9.29 Å². The Balaban J connectivity index is 2.92. The number of nitrogens with zero attached hydrogens (tertiary/aromatic N) is 2. The van der Waals surface area contributed by atoms with Gasteiger partial charge in [0.2, 0.25) is 10.0 Å². The number of carbonyl (C=O) groups is 1. The van der Waals surface area contributed by atoms with E-state index in [0.717, 1.165) is 4.31 Å². The molecule has 0 bridgehead atoms. The van der Waals surface area contributed by atoms with E-state index in [1.54, 1.807) is 6.92 Å². The van der Waals surface area contributed by atoms with Gasteiger partial charge >= 0.3 is 5.97 Å². The highest BCUT2D eigenvalue weighted by molar-refractivity contribution is 7.89. The number of carboxylic acid groups (broad SMARTS) is 1. The van der Waals surface area contributed by atoms with Crippen LogP contribution < -0.4 is 5.32 Å². The van der Waals surface area contributed by atoms with Gasteiger partial charge in [-0.3, -0.25) is 0 Å². The maximum atomic E-state index is 11.8. The van der Waals surface area contributed by atoms with E-state index in [-0.39, 0.29) is 4.90 Å². The fraction of sp³-hybridized carbons (Fsp3) is 0.455. The molecule has 0 aliphatic heterocycles. The minimum Gasteiger partial charge on any atom is -0.480 e.